The molecule has 1 fully saturated rings. The highest BCUT2D eigenvalue weighted by Gasteiger charge is 2.58. The number of nitrogens with zero attached hydrogens (tertiary/aromatic N) is 2. The molecule has 176 valence electrons. The molecule has 7 heteroatoms. The van der Waals surface area contributed by atoms with Gasteiger partial charge in [-0.15, -0.1) is 0 Å². The lowest BCUT2D eigenvalue weighted by Gasteiger charge is -2.44. The van der Waals surface area contributed by atoms with E-state index < -0.39 is 37.0 Å². The van der Waals surface area contributed by atoms with Crippen molar-refractivity contribution >= 4 is 17.8 Å². The fraction of sp³-hybridized carbons (Fsp3) is 0.179. The molecule has 0 aliphatic carbocycles. The van der Waals surface area contributed by atoms with Gasteiger partial charge in [-0.05, 0) is 28.8 Å². The van der Waals surface area contributed by atoms with E-state index in [1.165, 1.54) is 4.90 Å². The summed E-state index contributed by atoms with van der Waals surface area (Å²) in [6.45, 7) is 3.35. The molecule has 0 radical (unpaired) electrons. The third-order valence-corrected chi connectivity index (χ3v) is 6.09. The predicted octanol–water partition coefficient (Wildman–Crippen LogP) is 3.25. The zero-order valence-electron chi connectivity index (χ0n) is 18.9. The Kier molecular flexibility index (Phi) is 6.16. The zero-order chi connectivity index (χ0) is 24.4. The molecule has 1 saturated heterocycles. The molecule has 0 aromatic heterocycles. The molecule has 2 aliphatic rings. The van der Waals surface area contributed by atoms with Gasteiger partial charge >= 0.3 is 5.97 Å². The van der Waals surface area contributed by atoms with Gasteiger partial charge in [-0.2, -0.15) is 0 Å². The van der Waals surface area contributed by atoms with Gasteiger partial charge in [-0.3, -0.25) is 9.69 Å². The molecule has 3 unspecified atom stereocenters. The number of aliphatic imine (C=N–C) groups is 1. The van der Waals surface area contributed by atoms with E-state index in [2.05, 4.69) is 11.6 Å². The number of hydrogen-bond acceptors (Lipinski definition) is 6. The van der Waals surface area contributed by atoms with Gasteiger partial charge < -0.3 is 14.6 Å². The second-order valence-electron chi connectivity index (χ2n) is 8.36. The average molecular weight is 469 g/mol. The van der Waals surface area contributed by atoms with Gasteiger partial charge in [0.1, 0.15) is 0 Å². The maximum Gasteiger partial charge on any atom is 0.334 e. The first-order chi connectivity index (χ1) is 17.1. The summed E-state index contributed by atoms with van der Waals surface area (Å²) in [5, 5.41) is 9.83. The molecule has 5 rings (SSSR count). The van der Waals surface area contributed by atoms with Crippen molar-refractivity contribution in [3.05, 3.63) is 120 Å². The largest absolute Gasteiger partial charge is 0.451 e. The van der Waals surface area contributed by atoms with Crippen molar-refractivity contribution in [1.29, 1.82) is 0 Å². The fourth-order valence-electron chi connectivity index (χ4n) is 4.31. The van der Waals surface area contributed by atoms with Gasteiger partial charge in [0, 0.05) is 5.56 Å². The van der Waals surface area contributed by atoms with E-state index in [0.29, 0.717) is 5.90 Å². The first-order valence-corrected chi connectivity index (χ1v) is 11.3. The monoisotopic (exact) mass is 468 g/mol. The number of likely N-dealkylation sites (tertiary alicyclic amines) is 1. The number of ether oxygens (including phenoxy) is 2. The molecule has 1 amide bonds. The smallest absolute Gasteiger partial charge is 0.334 e. The van der Waals surface area contributed by atoms with E-state index >= 15 is 0 Å². The zero-order valence-corrected chi connectivity index (χ0v) is 18.9. The second kappa shape index (κ2) is 9.56. The molecule has 3 atom stereocenters. The van der Waals surface area contributed by atoms with Crippen LogP contribution >= 0.6 is 0 Å². The number of amides is 1. The highest BCUT2D eigenvalue weighted by atomic mass is 16.6. The van der Waals surface area contributed by atoms with E-state index in [0.717, 1.165) is 16.7 Å². The van der Waals surface area contributed by atoms with Crippen molar-refractivity contribution in [2.45, 2.75) is 24.4 Å². The molecule has 0 saturated carbocycles. The SMILES string of the molecule is C=C(CO)C(C(=O)OC(c1ccccc1)c1ccccc1)N1C(=O)C2N=C(c3ccccc3)OC21. The van der Waals surface area contributed by atoms with Crippen LogP contribution in [0.15, 0.2) is 108 Å². The van der Waals surface area contributed by atoms with Crippen LogP contribution in [-0.4, -0.2) is 52.7 Å². The van der Waals surface area contributed by atoms with Crippen LogP contribution in [0.3, 0.4) is 0 Å². The van der Waals surface area contributed by atoms with Crippen LogP contribution in [0.25, 0.3) is 0 Å². The molecule has 0 spiro atoms. The van der Waals surface area contributed by atoms with E-state index in [4.69, 9.17) is 9.47 Å². The van der Waals surface area contributed by atoms with E-state index in [1.54, 1.807) is 0 Å². The van der Waals surface area contributed by atoms with Crippen molar-refractivity contribution in [2.24, 2.45) is 4.99 Å². The molecular formula is C28H24N2O5. The highest BCUT2D eigenvalue weighted by molar-refractivity contribution is 6.03. The van der Waals surface area contributed by atoms with Crippen LogP contribution in [0, 0.1) is 0 Å². The second-order valence-corrected chi connectivity index (χ2v) is 8.36. The third-order valence-electron chi connectivity index (χ3n) is 6.09. The summed E-state index contributed by atoms with van der Waals surface area (Å²) in [5.74, 6) is -0.747. The fourth-order valence-corrected chi connectivity index (χ4v) is 4.31. The number of β-lactam (4-membered cyclic amide) rings is 1. The minimum Gasteiger partial charge on any atom is -0.451 e. The molecule has 7 nitrogen and oxygen atoms in total. The van der Waals surface area contributed by atoms with Gasteiger partial charge in [0.05, 0.1) is 6.61 Å². The van der Waals surface area contributed by atoms with Gasteiger partial charge in [-0.25, -0.2) is 9.79 Å². The number of fused-ring (bicyclic) bond motifs is 1. The number of benzene rings is 3. The van der Waals surface area contributed by atoms with Crippen LogP contribution in [0.5, 0.6) is 0 Å². The Morgan fingerprint density at radius 3 is 2.06 bits per heavy atom. The van der Waals surface area contributed by atoms with Gasteiger partial charge in [0.15, 0.2) is 18.2 Å². The number of esters is 1. The number of carbonyl (C=O) groups excluding carboxylic acids is 2. The first-order valence-electron chi connectivity index (χ1n) is 11.3. The number of rotatable bonds is 8. The summed E-state index contributed by atoms with van der Waals surface area (Å²) in [7, 11) is 0. The minimum absolute atomic E-state index is 0.137. The number of aliphatic hydroxyl groups excluding tert-OH is 1. The van der Waals surface area contributed by atoms with Crippen molar-refractivity contribution < 1.29 is 24.2 Å². The van der Waals surface area contributed by atoms with Crippen LogP contribution in [0.2, 0.25) is 0 Å². The maximum absolute atomic E-state index is 13.5. The lowest BCUT2D eigenvalue weighted by Crippen LogP contribution is -2.68. The Morgan fingerprint density at radius 2 is 1.51 bits per heavy atom. The van der Waals surface area contributed by atoms with Crippen molar-refractivity contribution in [3.63, 3.8) is 0 Å². The van der Waals surface area contributed by atoms with Gasteiger partial charge in [0.2, 0.25) is 12.1 Å². The Bertz CT molecular complexity index is 1220. The molecule has 3 aromatic carbocycles. The predicted molar refractivity (Wildman–Crippen MR) is 129 cm³/mol. The first kappa shape index (κ1) is 22.6. The summed E-state index contributed by atoms with van der Waals surface area (Å²) < 4.78 is 11.9. The minimum atomic E-state index is -1.21. The van der Waals surface area contributed by atoms with E-state index in [1.807, 2.05) is 91.0 Å². The molecule has 2 heterocycles. The average Bonchev–Trinajstić information content (AvgIpc) is 3.31. The van der Waals surface area contributed by atoms with Crippen molar-refractivity contribution in [2.75, 3.05) is 6.61 Å². The van der Waals surface area contributed by atoms with Crippen LogP contribution < -0.4 is 0 Å². The topological polar surface area (TPSA) is 88.4 Å². The summed E-state index contributed by atoms with van der Waals surface area (Å²) in [6, 6.07) is 26.0. The van der Waals surface area contributed by atoms with E-state index in [9.17, 15) is 14.7 Å². The summed E-state index contributed by atoms with van der Waals surface area (Å²) in [4.78, 5) is 32.2. The normalized spacial score (nSPS) is 19.3. The highest BCUT2D eigenvalue weighted by Crippen LogP contribution is 2.36. The Hall–Kier alpha value is -4.23. The van der Waals surface area contributed by atoms with Gasteiger partial charge in [-0.1, -0.05) is 85.4 Å². The lowest BCUT2D eigenvalue weighted by atomic mass is 9.97. The molecular weight excluding hydrogens is 444 g/mol. The van der Waals surface area contributed by atoms with E-state index in [-0.39, 0.29) is 11.5 Å². The van der Waals surface area contributed by atoms with Crippen molar-refractivity contribution in [1.82, 2.24) is 4.90 Å². The Morgan fingerprint density at radius 1 is 0.971 bits per heavy atom. The standard InChI is InChI=1S/C28H24N2O5/c1-18(17-31)23(30-26(32)22-27(30)35-25(29-22)21-15-9-4-10-16-21)28(33)34-24(19-11-5-2-6-12-19)20-13-7-3-8-14-20/h2-16,22-24,27,31H,1,17H2. The maximum atomic E-state index is 13.5. The Balaban J connectivity index is 1.41. The Labute approximate surface area is 202 Å². The summed E-state index contributed by atoms with van der Waals surface area (Å²) >= 11 is 0. The van der Waals surface area contributed by atoms with Crippen LogP contribution in [-0.2, 0) is 19.1 Å². The van der Waals surface area contributed by atoms with Crippen LogP contribution in [0.4, 0.5) is 0 Å². The summed E-state index contributed by atoms with van der Waals surface area (Å²) in [5.41, 5.74) is 2.43. The van der Waals surface area contributed by atoms with Crippen molar-refractivity contribution in [3.8, 4) is 0 Å². The number of aliphatic hydroxyl groups is 1. The molecule has 0 bridgehead atoms. The molecule has 3 aromatic rings. The van der Waals surface area contributed by atoms with Crippen LogP contribution in [0.1, 0.15) is 22.8 Å². The quantitative estimate of drug-likeness (QED) is 0.312. The lowest BCUT2D eigenvalue weighted by molar-refractivity contribution is -0.179. The number of hydrogen-bond donors (Lipinski definition) is 1. The molecule has 2 aliphatic heterocycles. The molecule has 35 heavy (non-hydrogen) atoms. The third kappa shape index (κ3) is 4.22. The summed E-state index contributed by atoms with van der Waals surface area (Å²) in [6.07, 6.45) is -1.47. The molecule has 1 N–H and O–H groups in total. The van der Waals surface area contributed by atoms with Gasteiger partial charge in [0.25, 0.3) is 5.91 Å². The number of carbonyl (C=O) groups is 2.